The number of alkyl halides is 3. The molecule has 10 heteroatoms. The first-order chi connectivity index (χ1) is 13.0. The molecule has 0 saturated carbocycles. The Morgan fingerprint density at radius 1 is 1.07 bits per heavy atom. The minimum absolute atomic E-state index is 0.0388. The van der Waals surface area contributed by atoms with E-state index in [1.54, 1.807) is 12.1 Å². The summed E-state index contributed by atoms with van der Waals surface area (Å²) in [5.74, 6) is -0.574. The zero-order chi connectivity index (χ0) is 20.9. The molecule has 150 valence electrons. The molecule has 0 spiro atoms. The minimum Gasteiger partial charge on any atom is -0.321 e. The second-order valence-corrected chi connectivity index (χ2v) is 8.98. The van der Waals surface area contributed by atoms with Crippen molar-refractivity contribution < 1.29 is 26.4 Å². The van der Waals surface area contributed by atoms with Crippen LogP contribution in [0.1, 0.15) is 5.56 Å². The van der Waals surface area contributed by atoms with Crippen LogP contribution in [0.2, 0.25) is 0 Å². The zero-order valence-electron chi connectivity index (χ0n) is 14.9. The van der Waals surface area contributed by atoms with Gasteiger partial charge >= 0.3 is 5.51 Å². The fourth-order valence-electron chi connectivity index (χ4n) is 2.12. The predicted octanol–water partition coefficient (Wildman–Crippen LogP) is 4.20. The monoisotopic (exact) mass is 430 g/mol. The molecule has 0 atom stereocenters. The van der Waals surface area contributed by atoms with Gasteiger partial charge in [-0.25, -0.2) is 12.7 Å². The highest BCUT2D eigenvalue weighted by Crippen LogP contribution is 2.36. The number of nitrogens with zero attached hydrogens (tertiary/aromatic N) is 1. The van der Waals surface area contributed by atoms with E-state index in [9.17, 15) is 26.4 Å². The number of halogens is 3. The number of sulfonamides is 1. The molecule has 0 fully saturated rings. The van der Waals surface area contributed by atoms with E-state index in [4.69, 9.17) is 0 Å². The maximum Gasteiger partial charge on any atom is 0.446 e. The van der Waals surface area contributed by atoms with Crippen LogP contribution < -0.4 is 5.32 Å². The summed E-state index contributed by atoms with van der Waals surface area (Å²) in [7, 11) is -0.973. The van der Waals surface area contributed by atoms with Crippen LogP contribution in [0, 0.1) is 0 Å². The van der Waals surface area contributed by atoms with Crippen molar-refractivity contribution in [2.45, 2.75) is 15.3 Å². The van der Waals surface area contributed by atoms with Crippen LogP contribution >= 0.6 is 11.8 Å². The average molecular weight is 430 g/mol. The Morgan fingerprint density at radius 2 is 1.68 bits per heavy atom. The second kappa shape index (κ2) is 8.80. The van der Waals surface area contributed by atoms with Crippen LogP contribution in [0.4, 0.5) is 18.9 Å². The van der Waals surface area contributed by atoms with Gasteiger partial charge in [-0.2, -0.15) is 13.2 Å². The fourth-order valence-corrected chi connectivity index (χ4v) is 3.70. The van der Waals surface area contributed by atoms with Gasteiger partial charge in [-0.1, -0.05) is 24.3 Å². The SMILES string of the molecule is CN(C)S(=O)(=O)c1ccccc1NC(=O)/C=C/c1ccc(SC(F)(F)F)cc1. The third-order valence-electron chi connectivity index (χ3n) is 3.44. The van der Waals surface area contributed by atoms with E-state index in [2.05, 4.69) is 5.32 Å². The Hall–Kier alpha value is -2.30. The number of para-hydroxylation sites is 1. The first kappa shape index (κ1) is 22.0. The first-order valence-corrected chi connectivity index (χ1v) is 10.1. The van der Waals surface area contributed by atoms with E-state index >= 15 is 0 Å². The second-order valence-electron chi connectivity index (χ2n) is 5.72. The summed E-state index contributed by atoms with van der Waals surface area (Å²) in [6, 6.07) is 11.5. The van der Waals surface area contributed by atoms with Crippen LogP contribution in [0.15, 0.2) is 64.4 Å². The molecule has 0 aromatic heterocycles. The van der Waals surface area contributed by atoms with E-state index in [-0.39, 0.29) is 27.2 Å². The Labute approximate surface area is 165 Å². The van der Waals surface area contributed by atoms with Gasteiger partial charge in [0.25, 0.3) is 0 Å². The highest BCUT2D eigenvalue weighted by Gasteiger charge is 2.29. The molecule has 2 aromatic rings. The quantitative estimate of drug-likeness (QED) is 0.551. The lowest BCUT2D eigenvalue weighted by Gasteiger charge is -2.15. The standard InChI is InChI=1S/C18H17F3N2O3S2/c1-23(2)28(25,26)16-6-4-3-5-15(16)22-17(24)12-9-13-7-10-14(11-8-13)27-18(19,20)21/h3-12H,1-2H3,(H,22,24)/b12-9+. The van der Waals surface area contributed by atoms with Crippen LogP contribution in [-0.2, 0) is 14.8 Å². The normalized spacial score (nSPS) is 12.5. The van der Waals surface area contributed by atoms with E-state index in [1.807, 2.05) is 0 Å². The lowest BCUT2D eigenvalue weighted by molar-refractivity contribution is -0.111. The van der Waals surface area contributed by atoms with Gasteiger partial charge in [-0.3, -0.25) is 4.79 Å². The number of hydrogen-bond acceptors (Lipinski definition) is 4. The molecule has 0 aliphatic rings. The summed E-state index contributed by atoms with van der Waals surface area (Å²) in [5, 5.41) is 2.50. The molecule has 0 aliphatic heterocycles. The topological polar surface area (TPSA) is 66.5 Å². The third-order valence-corrected chi connectivity index (χ3v) is 6.06. The molecule has 1 amide bonds. The lowest BCUT2D eigenvalue weighted by Crippen LogP contribution is -2.24. The number of benzene rings is 2. The van der Waals surface area contributed by atoms with Crippen LogP contribution in [0.3, 0.4) is 0 Å². The predicted molar refractivity (Wildman–Crippen MR) is 103 cm³/mol. The summed E-state index contributed by atoms with van der Waals surface area (Å²) in [6.45, 7) is 0. The number of rotatable bonds is 6. The molecule has 0 bridgehead atoms. The van der Waals surface area contributed by atoms with Gasteiger partial charge in [0.2, 0.25) is 15.9 Å². The van der Waals surface area contributed by atoms with Crippen molar-refractivity contribution in [1.82, 2.24) is 4.31 Å². The molecule has 0 saturated heterocycles. The van der Waals surface area contributed by atoms with Crippen molar-refractivity contribution in [3.63, 3.8) is 0 Å². The molecule has 5 nitrogen and oxygen atoms in total. The maximum absolute atomic E-state index is 12.3. The largest absolute Gasteiger partial charge is 0.446 e. The number of nitrogens with one attached hydrogen (secondary N) is 1. The summed E-state index contributed by atoms with van der Waals surface area (Å²) < 4.78 is 62.6. The summed E-state index contributed by atoms with van der Waals surface area (Å²) in [4.78, 5) is 12.1. The van der Waals surface area contributed by atoms with Crippen molar-refractivity contribution in [2.24, 2.45) is 0 Å². The van der Waals surface area contributed by atoms with E-state index in [1.165, 1.54) is 62.6 Å². The summed E-state index contributed by atoms with van der Waals surface area (Å²) in [5.41, 5.74) is -3.71. The van der Waals surface area contributed by atoms with Gasteiger partial charge in [0.1, 0.15) is 4.90 Å². The van der Waals surface area contributed by atoms with Crippen LogP contribution in [0.5, 0.6) is 0 Å². The molecule has 2 rings (SSSR count). The van der Waals surface area contributed by atoms with E-state index in [0.717, 1.165) is 4.31 Å². The molecular weight excluding hydrogens is 413 g/mol. The Bertz CT molecular complexity index is 970. The Balaban J connectivity index is 2.11. The first-order valence-electron chi connectivity index (χ1n) is 7.85. The third kappa shape index (κ3) is 6.11. The van der Waals surface area contributed by atoms with Crippen molar-refractivity contribution in [1.29, 1.82) is 0 Å². The summed E-state index contributed by atoms with van der Waals surface area (Å²) >= 11 is -0.222. The number of anilines is 1. The molecule has 0 heterocycles. The molecule has 2 aromatic carbocycles. The van der Waals surface area contributed by atoms with Gasteiger partial charge in [-0.15, -0.1) is 0 Å². The van der Waals surface area contributed by atoms with Crippen molar-refractivity contribution in [3.8, 4) is 0 Å². The van der Waals surface area contributed by atoms with E-state index in [0.29, 0.717) is 5.56 Å². The number of amides is 1. The van der Waals surface area contributed by atoms with Crippen molar-refractivity contribution in [2.75, 3.05) is 19.4 Å². The minimum atomic E-state index is -4.36. The van der Waals surface area contributed by atoms with Crippen molar-refractivity contribution in [3.05, 3.63) is 60.2 Å². The molecule has 0 radical (unpaired) electrons. The number of hydrogen-bond donors (Lipinski definition) is 1. The van der Waals surface area contributed by atoms with Crippen molar-refractivity contribution >= 4 is 39.5 Å². The molecule has 28 heavy (non-hydrogen) atoms. The highest BCUT2D eigenvalue weighted by molar-refractivity contribution is 8.00. The van der Waals surface area contributed by atoms with E-state index < -0.39 is 21.4 Å². The highest BCUT2D eigenvalue weighted by atomic mass is 32.2. The number of carbonyl (C=O) groups is 1. The zero-order valence-corrected chi connectivity index (χ0v) is 16.5. The maximum atomic E-state index is 12.3. The van der Waals surface area contributed by atoms with Gasteiger partial charge < -0.3 is 5.32 Å². The lowest BCUT2D eigenvalue weighted by atomic mass is 10.2. The molecular formula is C18H17F3N2O3S2. The van der Waals surface area contributed by atoms with Crippen LogP contribution in [-0.4, -0.2) is 38.2 Å². The molecule has 0 aliphatic carbocycles. The molecule has 0 unspecified atom stereocenters. The number of carbonyl (C=O) groups excluding carboxylic acids is 1. The van der Waals surface area contributed by atoms with Crippen LogP contribution in [0.25, 0.3) is 6.08 Å². The number of thioether (sulfide) groups is 1. The Morgan fingerprint density at radius 3 is 2.25 bits per heavy atom. The fraction of sp³-hybridized carbons (Fsp3) is 0.167. The van der Waals surface area contributed by atoms with Gasteiger partial charge in [0.05, 0.1) is 5.69 Å². The Kier molecular flexibility index (Phi) is 6.91. The van der Waals surface area contributed by atoms with Gasteiger partial charge in [0, 0.05) is 25.1 Å². The molecule has 1 N–H and O–H groups in total. The summed E-state index contributed by atoms with van der Waals surface area (Å²) in [6.07, 6.45) is 2.59. The smallest absolute Gasteiger partial charge is 0.321 e. The average Bonchev–Trinajstić information content (AvgIpc) is 2.60. The van der Waals surface area contributed by atoms with Gasteiger partial charge in [0.15, 0.2) is 0 Å². The van der Waals surface area contributed by atoms with Gasteiger partial charge in [-0.05, 0) is 47.7 Å².